The summed E-state index contributed by atoms with van der Waals surface area (Å²) in [5.41, 5.74) is 1.76. The number of nitrogens with one attached hydrogen (secondary N) is 1. The van der Waals surface area contributed by atoms with Gasteiger partial charge in [0.15, 0.2) is 11.5 Å². The van der Waals surface area contributed by atoms with Crippen molar-refractivity contribution < 1.29 is 28.5 Å². The molecule has 3 rings (SSSR count). The quantitative estimate of drug-likeness (QED) is 0.478. The summed E-state index contributed by atoms with van der Waals surface area (Å²) < 4.78 is 27.9. The van der Waals surface area contributed by atoms with Crippen molar-refractivity contribution >= 4 is 12.0 Å². The van der Waals surface area contributed by atoms with Crippen LogP contribution in [0.15, 0.2) is 42.5 Å². The second-order valence-electron chi connectivity index (χ2n) is 7.70. The Morgan fingerprint density at radius 2 is 1.74 bits per heavy atom. The molecule has 1 N–H and O–H groups in total. The zero-order valence-electron chi connectivity index (χ0n) is 20.2. The smallest absolute Gasteiger partial charge is 0.244 e. The SMILES string of the molecule is CCOc1ccc(COc2c(OC)cc(/C=C/C(=O)NCCN3CCOCC3)cc2OC)cc1. The van der Waals surface area contributed by atoms with Crippen molar-refractivity contribution in [2.45, 2.75) is 13.5 Å². The number of benzene rings is 2. The lowest BCUT2D eigenvalue weighted by Gasteiger charge is -2.26. The van der Waals surface area contributed by atoms with Gasteiger partial charge in [0, 0.05) is 32.3 Å². The highest BCUT2D eigenvalue weighted by molar-refractivity contribution is 5.91. The van der Waals surface area contributed by atoms with E-state index in [4.69, 9.17) is 23.7 Å². The Bertz CT molecular complexity index is 914. The molecule has 1 saturated heterocycles. The number of rotatable bonds is 12. The molecular formula is C26H34N2O6. The van der Waals surface area contributed by atoms with Gasteiger partial charge in [-0.05, 0) is 48.4 Å². The van der Waals surface area contributed by atoms with Crippen molar-refractivity contribution in [2.75, 3.05) is 60.2 Å². The number of carbonyl (C=O) groups excluding carboxylic acids is 1. The Kier molecular flexibility index (Phi) is 10.1. The second-order valence-corrected chi connectivity index (χ2v) is 7.70. The number of ether oxygens (including phenoxy) is 5. The van der Waals surface area contributed by atoms with Gasteiger partial charge in [-0.2, -0.15) is 0 Å². The van der Waals surface area contributed by atoms with Crippen molar-refractivity contribution in [3.8, 4) is 23.0 Å². The molecule has 0 atom stereocenters. The van der Waals surface area contributed by atoms with Crippen LogP contribution in [0.1, 0.15) is 18.1 Å². The van der Waals surface area contributed by atoms with Crippen molar-refractivity contribution in [1.29, 1.82) is 0 Å². The zero-order chi connectivity index (χ0) is 24.2. The third-order valence-corrected chi connectivity index (χ3v) is 5.36. The highest BCUT2D eigenvalue weighted by Crippen LogP contribution is 2.39. The van der Waals surface area contributed by atoms with Crippen LogP contribution in [-0.4, -0.2) is 71.0 Å². The van der Waals surface area contributed by atoms with Crippen LogP contribution in [0.3, 0.4) is 0 Å². The third-order valence-electron chi connectivity index (χ3n) is 5.36. The lowest BCUT2D eigenvalue weighted by Crippen LogP contribution is -2.41. The topological polar surface area (TPSA) is 78.5 Å². The van der Waals surface area contributed by atoms with Crippen molar-refractivity contribution in [3.05, 3.63) is 53.6 Å². The van der Waals surface area contributed by atoms with E-state index in [1.165, 1.54) is 6.08 Å². The molecule has 2 aromatic rings. The van der Waals surface area contributed by atoms with E-state index in [1.807, 2.05) is 43.3 Å². The van der Waals surface area contributed by atoms with E-state index in [-0.39, 0.29) is 5.91 Å². The summed E-state index contributed by atoms with van der Waals surface area (Å²) >= 11 is 0. The minimum absolute atomic E-state index is 0.151. The molecule has 0 aliphatic carbocycles. The summed E-state index contributed by atoms with van der Waals surface area (Å²) in [6.07, 6.45) is 3.24. The van der Waals surface area contributed by atoms with Crippen LogP contribution in [0.5, 0.6) is 23.0 Å². The van der Waals surface area contributed by atoms with Crippen molar-refractivity contribution in [3.63, 3.8) is 0 Å². The predicted molar refractivity (Wildman–Crippen MR) is 131 cm³/mol. The van der Waals surface area contributed by atoms with Gasteiger partial charge in [-0.25, -0.2) is 0 Å². The van der Waals surface area contributed by atoms with Crippen LogP contribution in [0, 0.1) is 0 Å². The van der Waals surface area contributed by atoms with Crippen LogP contribution in [-0.2, 0) is 16.1 Å². The van der Waals surface area contributed by atoms with Gasteiger partial charge in [-0.3, -0.25) is 9.69 Å². The van der Waals surface area contributed by atoms with Gasteiger partial charge in [0.05, 0.1) is 34.0 Å². The Balaban J connectivity index is 1.59. The molecular weight excluding hydrogens is 436 g/mol. The number of nitrogens with zero attached hydrogens (tertiary/aromatic N) is 1. The molecule has 8 nitrogen and oxygen atoms in total. The number of hydrogen-bond acceptors (Lipinski definition) is 7. The van der Waals surface area contributed by atoms with Gasteiger partial charge < -0.3 is 29.0 Å². The molecule has 1 aliphatic heterocycles. The van der Waals surface area contributed by atoms with Gasteiger partial charge in [0.25, 0.3) is 0 Å². The van der Waals surface area contributed by atoms with Crippen LogP contribution >= 0.6 is 0 Å². The fourth-order valence-electron chi connectivity index (χ4n) is 3.54. The van der Waals surface area contributed by atoms with Gasteiger partial charge in [0.2, 0.25) is 11.7 Å². The van der Waals surface area contributed by atoms with Crippen molar-refractivity contribution in [2.24, 2.45) is 0 Å². The molecule has 184 valence electrons. The highest BCUT2D eigenvalue weighted by atomic mass is 16.5. The molecule has 1 heterocycles. The molecule has 0 bridgehead atoms. The predicted octanol–water partition coefficient (Wildman–Crippen LogP) is 3.14. The normalized spacial score (nSPS) is 14.1. The molecule has 0 saturated carbocycles. The van der Waals surface area contributed by atoms with E-state index >= 15 is 0 Å². The number of hydrogen-bond donors (Lipinski definition) is 1. The second kappa shape index (κ2) is 13.5. The van der Waals surface area contributed by atoms with Gasteiger partial charge in [-0.15, -0.1) is 0 Å². The van der Waals surface area contributed by atoms with Crippen LogP contribution in [0.4, 0.5) is 0 Å². The van der Waals surface area contributed by atoms with E-state index in [9.17, 15) is 4.79 Å². The highest BCUT2D eigenvalue weighted by Gasteiger charge is 2.14. The first-order chi connectivity index (χ1) is 16.6. The molecule has 8 heteroatoms. The largest absolute Gasteiger partial charge is 0.494 e. The number of amides is 1. The maximum Gasteiger partial charge on any atom is 0.244 e. The van der Waals surface area contributed by atoms with E-state index in [1.54, 1.807) is 20.3 Å². The van der Waals surface area contributed by atoms with Gasteiger partial charge >= 0.3 is 0 Å². The molecule has 34 heavy (non-hydrogen) atoms. The first-order valence-electron chi connectivity index (χ1n) is 11.5. The minimum atomic E-state index is -0.151. The van der Waals surface area contributed by atoms with E-state index in [2.05, 4.69) is 10.2 Å². The number of morpholine rings is 1. The third kappa shape index (κ3) is 7.67. The van der Waals surface area contributed by atoms with Crippen LogP contribution in [0.2, 0.25) is 0 Å². The first-order valence-corrected chi connectivity index (χ1v) is 11.5. The molecule has 0 radical (unpaired) electrons. The Morgan fingerprint density at radius 1 is 1.06 bits per heavy atom. The van der Waals surface area contributed by atoms with Crippen molar-refractivity contribution in [1.82, 2.24) is 10.2 Å². The number of methoxy groups -OCH3 is 2. The summed E-state index contributed by atoms with van der Waals surface area (Å²) in [5, 5.41) is 2.91. The summed E-state index contributed by atoms with van der Waals surface area (Å²) in [7, 11) is 3.15. The molecule has 0 unspecified atom stereocenters. The molecule has 1 amide bonds. The molecule has 0 aromatic heterocycles. The Labute approximate surface area is 201 Å². The molecule has 1 fully saturated rings. The maximum absolute atomic E-state index is 12.2. The maximum atomic E-state index is 12.2. The summed E-state index contributed by atoms with van der Waals surface area (Å²) in [6, 6.07) is 11.4. The van der Waals surface area contributed by atoms with Crippen LogP contribution in [0.25, 0.3) is 6.08 Å². The average molecular weight is 471 g/mol. The summed E-state index contributed by atoms with van der Waals surface area (Å²) in [4.78, 5) is 14.5. The fraction of sp³-hybridized carbons (Fsp3) is 0.423. The monoisotopic (exact) mass is 470 g/mol. The van der Waals surface area contributed by atoms with Gasteiger partial charge in [-0.1, -0.05) is 12.1 Å². The average Bonchev–Trinajstić information content (AvgIpc) is 2.87. The Morgan fingerprint density at radius 3 is 2.35 bits per heavy atom. The van der Waals surface area contributed by atoms with Crippen LogP contribution < -0.4 is 24.3 Å². The molecule has 1 aliphatic rings. The molecule has 0 spiro atoms. The van der Waals surface area contributed by atoms with E-state index in [0.29, 0.717) is 37.0 Å². The standard InChI is InChI=1S/C26H34N2O6/c1-4-33-22-8-5-20(6-9-22)19-34-26-23(30-2)17-21(18-24(26)31-3)7-10-25(29)27-11-12-28-13-15-32-16-14-28/h5-10,17-18H,4,11-16,19H2,1-3H3,(H,27,29)/b10-7+. The number of carbonyl (C=O) groups is 1. The minimum Gasteiger partial charge on any atom is -0.494 e. The summed E-state index contributed by atoms with van der Waals surface area (Å²) in [5.74, 6) is 2.23. The van der Waals surface area contributed by atoms with E-state index < -0.39 is 0 Å². The van der Waals surface area contributed by atoms with E-state index in [0.717, 1.165) is 49.7 Å². The fourth-order valence-corrected chi connectivity index (χ4v) is 3.54. The molecule has 2 aromatic carbocycles. The summed E-state index contributed by atoms with van der Waals surface area (Å²) in [6.45, 7) is 7.62. The lowest BCUT2D eigenvalue weighted by atomic mass is 10.1. The lowest BCUT2D eigenvalue weighted by molar-refractivity contribution is -0.116. The first kappa shape index (κ1) is 25.4. The Hall–Kier alpha value is -3.23. The van der Waals surface area contributed by atoms with Gasteiger partial charge in [0.1, 0.15) is 12.4 Å². The zero-order valence-corrected chi connectivity index (χ0v) is 20.2.